The van der Waals surface area contributed by atoms with Crippen molar-refractivity contribution >= 4 is 28.2 Å². The first-order valence-corrected chi connectivity index (χ1v) is 10.5. The molecule has 4 heteroatoms. The van der Waals surface area contributed by atoms with Gasteiger partial charge in [0.1, 0.15) is 0 Å². The fourth-order valence-electron chi connectivity index (χ4n) is 4.42. The lowest BCUT2D eigenvalue weighted by Crippen LogP contribution is -2.40. The number of nitrogens with one attached hydrogen (secondary N) is 1. The maximum absolute atomic E-state index is 13.5. The van der Waals surface area contributed by atoms with Gasteiger partial charge in [0.2, 0.25) is 5.91 Å². The molecule has 3 aromatic rings. The number of carbonyl (C=O) groups excluding carboxylic acids is 1. The molecule has 0 bridgehead atoms. The molecule has 1 heterocycles. The second-order valence-electron chi connectivity index (χ2n) is 8.45. The van der Waals surface area contributed by atoms with Crippen LogP contribution in [0.5, 0.6) is 0 Å². The van der Waals surface area contributed by atoms with Crippen molar-refractivity contribution in [2.24, 2.45) is 5.41 Å². The molecule has 29 heavy (non-hydrogen) atoms. The van der Waals surface area contributed by atoms with Gasteiger partial charge in [0.15, 0.2) is 0 Å². The van der Waals surface area contributed by atoms with Gasteiger partial charge in [-0.2, -0.15) is 0 Å². The van der Waals surface area contributed by atoms with Crippen LogP contribution in [0.4, 0.5) is 11.4 Å². The standard InChI is InChI=1S/C25H29N3O/c1-28(2)22-12-10-19(11-13-22)17-25(14-6-3-7-15-25)24(29)27-21-16-20-8-4-5-9-23(20)26-18-21/h4-5,8-13,16,18H,3,6-7,14-15,17H2,1-2H3,(H,27,29). The van der Waals surface area contributed by atoms with Crippen molar-refractivity contribution in [1.29, 1.82) is 0 Å². The van der Waals surface area contributed by atoms with Crippen LogP contribution in [0.2, 0.25) is 0 Å². The lowest BCUT2D eigenvalue weighted by atomic mass is 9.69. The quantitative estimate of drug-likeness (QED) is 0.635. The number of para-hydroxylation sites is 1. The smallest absolute Gasteiger partial charge is 0.230 e. The lowest BCUT2D eigenvalue weighted by molar-refractivity contribution is -0.127. The normalized spacial score (nSPS) is 15.8. The van der Waals surface area contributed by atoms with Crippen LogP contribution >= 0.6 is 0 Å². The second kappa shape index (κ2) is 8.24. The summed E-state index contributed by atoms with van der Waals surface area (Å²) in [5, 5.41) is 4.23. The summed E-state index contributed by atoms with van der Waals surface area (Å²) >= 11 is 0. The van der Waals surface area contributed by atoms with Crippen LogP contribution in [0.15, 0.2) is 60.8 Å². The molecule has 0 radical (unpaired) electrons. The van der Waals surface area contributed by atoms with Crippen molar-refractivity contribution in [1.82, 2.24) is 4.98 Å². The molecule has 1 aliphatic carbocycles. The number of carbonyl (C=O) groups is 1. The Morgan fingerprint density at radius 2 is 1.76 bits per heavy atom. The van der Waals surface area contributed by atoms with Gasteiger partial charge in [-0.05, 0) is 49.1 Å². The average molecular weight is 388 g/mol. The molecule has 1 aromatic heterocycles. The van der Waals surface area contributed by atoms with Crippen LogP contribution in [0.3, 0.4) is 0 Å². The number of fused-ring (bicyclic) bond motifs is 1. The Bertz CT molecular complexity index is 988. The molecule has 4 rings (SSSR count). The van der Waals surface area contributed by atoms with Crippen molar-refractivity contribution in [2.75, 3.05) is 24.3 Å². The Morgan fingerprint density at radius 3 is 2.48 bits per heavy atom. The first kappa shape index (κ1) is 19.4. The van der Waals surface area contributed by atoms with E-state index in [2.05, 4.69) is 39.5 Å². The van der Waals surface area contributed by atoms with E-state index < -0.39 is 0 Å². The minimum absolute atomic E-state index is 0.131. The number of benzene rings is 2. The van der Waals surface area contributed by atoms with Gasteiger partial charge in [-0.15, -0.1) is 0 Å². The van der Waals surface area contributed by atoms with Crippen molar-refractivity contribution in [3.05, 3.63) is 66.4 Å². The monoisotopic (exact) mass is 387 g/mol. The Kier molecular flexibility index (Phi) is 5.52. The molecule has 2 aromatic carbocycles. The van der Waals surface area contributed by atoms with Crippen LogP contribution < -0.4 is 10.2 Å². The highest BCUT2D eigenvalue weighted by atomic mass is 16.2. The number of pyridine rings is 1. The van der Waals surface area contributed by atoms with E-state index in [0.29, 0.717) is 0 Å². The first-order valence-electron chi connectivity index (χ1n) is 10.5. The summed E-state index contributed by atoms with van der Waals surface area (Å²) in [6.45, 7) is 0. The highest BCUT2D eigenvalue weighted by Gasteiger charge is 2.39. The molecule has 0 unspecified atom stereocenters. The summed E-state index contributed by atoms with van der Waals surface area (Å²) in [6, 6.07) is 18.6. The number of aromatic nitrogens is 1. The molecular weight excluding hydrogens is 358 g/mol. The van der Waals surface area contributed by atoms with Crippen LogP contribution in [-0.2, 0) is 11.2 Å². The van der Waals surface area contributed by atoms with Crippen molar-refractivity contribution in [3.63, 3.8) is 0 Å². The number of hydrogen-bond donors (Lipinski definition) is 1. The SMILES string of the molecule is CN(C)c1ccc(CC2(C(=O)Nc3cnc4ccccc4c3)CCCCC2)cc1. The molecule has 1 aliphatic rings. The molecule has 0 atom stereocenters. The van der Waals surface area contributed by atoms with E-state index in [1.165, 1.54) is 17.7 Å². The number of hydrogen-bond acceptors (Lipinski definition) is 3. The Hall–Kier alpha value is -2.88. The zero-order valence-electron chi connectivity index (χ0n) is 17.3. The molecule has 0 spiro atoms. The summed E-state index contributed by atoms with van der Waals surface area (Å²) in [4.78, 5) is 20.0. The van der Waals surface area contributed by atoms with E-state index in [4.69, 9.17) is 0 Å². The molecule has 4 nitrogen and oxygen atoms in total. The summed E-state index contributed by atoms with van der Waals surface area (Å²) in [5.41, 5.74) is 3.78. The highest BCUT2D eigenvalue weighted by Crippen LogP contribution is 2.40. The Morgan fingerprint density at radius 1 is 1.03 bits per heavy atom. The zero-order chi connectivity index (χ0) is 20.3. The minimum atomic E-state index is -0.344. The van der Waals surface area contributed by atoms with Gasteiger partial charge >= 0.3 is 0 Å². The number of amides is 1. The average Bonchev–Trinajstić information content (AvgIpc) is 2.74. The van der Waals surface area contributed by atoms with E-state index in [9.17, 15) is 4.79 Å². The van der Waals surface area contributed by atoms with E-state index in [0.717, 1.165) is 48.7 Å². The Labute approximate surface area is 173 Å². The van der Waals surface area contributed by atoms with Gasteiger partial charge in [-0.3, -0.25) is 9.78 Å². The second-order valence-corrected chi connectivity index (χ2v) is 8.45. The molecule has 1 saturated carbocycles. The minimum Gasteiger partial charge on any atom is -0.378 e. The first-order chi connectivity index (χ1) is 14.1. The lowest BCUT2D eigenvalue weighted by Gasteiger charge is -2.36. The van der Waals surface area contributed by atoms with Gasteiger partial charge in [0.25, 0.3) is 0 Å². The van der Waals surface area contributed by atoms with E-state index in [1.54, 1.807) is 6.20 Å². The molecule has 0 aliphatic heterocycles. The van der Waals surface area contributed by atoms with E-state index in [-0.39, 0.29) is 11.3 Å². The third-order valence-corrected chi connectivity index (χ3v) is 6.14. The van der Waals surface area contributed by atoms with Crippen LogP contribution in [0.25, 0.3) is 10.9 Å². The molecule has 1 amide bonds. The summed E-state index contributed by atoms with van der Waals surface area (Å²) in [7, 11) is 4.09. The number of anilines is 2. The summed E-state index contributed by atoms with van der Waals surface area (Å²) in [5.74, 6) is 0.131. The third-order valence-electron chi connectivity index (χ3n) is 6.14. The van der Waals surface area contributed by atoms with Gasteiger partial charge in [0.05, 0.1) is 22.8 Å². The molecule has 150 valence electrons. The largest absolute Gasteiger partial charge is 0.378 e. The van der Waals surface area contributed by atoms with Gasteiger partial charge in [-0.25, -0.2) is 0 Å². The predicted octanol–water partition coefficient (Wildman–Crippen LogP) is 5.43. The van der Waals surface area contributed by atoms with Crippen molar-refractivity contribution in [2.45, 2.75) is 38.5 Å². The maximum atomic E-state index is 13.5. The van der Waals surface area contributed by atoms with Crippen molar-refractivity contribution in [3.8, 4) is 0 Å². The number of nitrogens with zero attached hydrogens (tertiary/aromatic N) is 2. The zero-order valence-corrected chi connectivity index (χ0v) is 17.3. The highest BCUT2D eigenvalue weighted by molar-refractivity contribution is 5.97. The van der Waals surface area contributed by atoms with Crippen LogP contribution in [0, 0.1) is 5.41 Å². The van der Waals surface area contributed by atoms with Crippen LogP contribution in [-0.4, -0.2) is 25.0 Å². The molecule has 0 saturated heterocycles. The van der Waals surface area contributed by atoms with Gasteiger partial charge in [-0.1, -0.05) is 49.6 Å². The number of rotatable bonds is 5. The molecule has 1 fully saturated rings. The third kappa shape index (κ3) is 4.26. The summed E-state index contributed by atoms with van der Waals surface area (Å²) < 4.78 is 0. The molecule has 1 N–H and O–H groups in total. The fourth-order valence-corrected chi connectivity index (χ4v) is 4.42. The predicted molar refractivity (Wildman–Crippen MR) is 120 cm³/mol. The summed E-state index contributed by atoms with van der Waals surface area (Å²) in [6.07, 6.45) is 7.87. The fraction of sp³-hybridized carbons (Fsp3) is 0.360. The molecular formula is C25H29N3O. The topological polar surface area (TPSA) is 45.2 Å². The maximum Gasteiger partial charge on any atom is 0.230 e. The van der Waals surface area contributed by atoms with Gasteiger partial charge in [0, 0.05) is 25.2 Å². The van der Waals surface area contributed by atoms with E-state index in [1.807, 2.05) is 44.4 Å². The van der Waals surface area contributed by atoms with Crippen LogP contribution in [0.1, 0.15) is 37.7 Å². The van der Waals surface area contributed by atoms with Gasteiger partial charge < -0.3 is 10.2 Å². The Balaban J connectivity index is 1.56. The van der Waals surface area contributed by atoms with E-state index >= 15 is 0 Å². The van der Waals surface area contributed by atoms with Crippen molar-refractivity contribution < 1.29 is 4.79 Å².